The molecule has 16 heteroatoms. The van der Waals surface area contributed by atoms with Gasteiger partial charge in [0.1, 0.15) is 35.9 Å². The van der Waals surface area contributed by atoms with Crippen molar-refractivity contribution < 1.29 is 61.7 Å². The van der Waals surface area contributed by atoms with Crippen LogP contribution in [0, 0.1) is 23.7 Å². The average Bonchev–Trinajstić information content (AvgIpc) is 3.73. The molecule has 76 heavy (non-hydrogen) atoms. The van der Waals surface area contributed by atoms with Gasteiger partial charge in [-0.25, -0.2) is 4.40 Å². The summed E-state index contributed by atoms with van der Waals surface area (Å²) in [4.78, 5) is 15.9. The number of benzene rings is 1. The minimum absolute atomic E-state index is 0.0892. The Morgan fingerprint density at radius 3 is 2.34 bits per heavy atom. The normalized spacial score (nSPS) is 42.3. The second-order valence-electron chi connectivity index (χ2n) is 24.1. The van der Waals surface area contributed by atoms with Crippen molar-refractivity contribution in [2.75, 3.05) is 20.8 Å². The number of aliphatic hydroxyl groups is 1. The molecule has 8 rings (SSSR count). The van der Waals surface area contributed by atoms with Crippen LogP contribution in [0.25, 0.3) is 0 Å². The molecule has 0 amide bonds. The third-order valence-electron chi connectivity index (χ3n) is 17.5. The Bertz CT molecular complexity index is 2350. The SMILES string of the molecule is CC[C@H](C)[C@H]1O[C@]2(C=C[C@@H]1C)C[C@@H]1C[C@@H](C/C=C(\C)[C@@H](O[C@H]3C[C@H](OC)[C@@H](O[C@H]4C[C@H](OC)/C(=N\Sc5ccccc5)[C@H](C)O4)[C@H](C)O3)[C@@H](C)/C=C/C=C3\CO[C@@H]4[C@H](O[Si](C)(C)C(C)(C)C)C(C)=C[C@@H](C(=O)O1)[C@]34O)O2. The third kappa shape index (κ3) is 12.9. The number of methoxy groups -OCH3 is 2. The Morgan fingerprint density at radius 2 is 1.64 bits per heavy atom. The molecule has 1 spiro atoms. The van der Waals surface area contributed by atoms with Crippen molar-refractivity contribution in [1.29, 1.82) is 0 Å². The van der Waals surface area contributed by atoms with E-state index in [2.05, 4.69) is 86.7 Å². The number of hydrogen-bond donors (Lipinski definition) is 1. The first kappa shape index (κ1) is 59.3. The summed E-state index contributed by atoms with van der Waals surface area (Å²) in [6, 6.07) is 10.0. The van der Waals surface area contributed by atoms with Gasteiger partial charge in [0.05, 0.1) is 55.0 Å². The summed E-state index contributed by atoms with van der Waals surface area (Å²) in [7, 11) is 1.00. The minimum atomic E-state index is -2.38. The predicted molar refractivity (Wildman–Crippen MR) is 297 cm³/mol. The summed E-state index contributed by atoms with van der Waals surface area (Å²) in [5.74, 6) is -2.40. The van der Waals surface area contributed by atoms with Crippen LogP contribution in [0.4, 0.5) is 0 Å². The van der Waals surface area contributed by atoms with E-state index < -0.39 is 80.8 Å². The van der Waals surface area contributed by atoms with Crippen LogP contribution in [0.3, 0.4) is 0 Å². The van der Waals surface area contributed by atoms with Crippen molar-refractivity contribution in [2.45, 2.75) is 229 Å². The monoisotopic (exact) mass is 1090 g/mol. The first-order chi connectivity index (χ1) is 36.0. The van der Waals surface area contributed by atoms with Gasteiger partial charge in [-0.2, -0.15) is 0 Å². The highest BCUT2D eigenvalue weighted by molar-refractivity contribution is 7.98. The van der Waals surface area contributed by atoms with Gasteiger partial charge in [0.2, 0.25) is 0 Å². The fourth-order valence-corrected chi connectivity index (χ4v) is 13.8. The number of carbonyl (C=O) groups excluding carboxylic acids is 1. The Hall–Kier alpha value is -2.81. The molecule has 0 radical (unpaired) electrons. The average molecular weight is 1090 g/mol. The lowest BCUT2D eigenvalue weighted by Gasteiger charge is -2.49. The van der Waals surface area contributed by atoms with E-state index in [0.717, 1.165) is 28.2 Å². The van der Waals surface area contributed by atoms with Crippen LogP contribution in [0.1, 0.15) is 115 Å². The van der Waals surface area contributed by atoms with Crippen molar-refractivity contribution in [3.8, 4) is 0 Å². The standard InChI is InChI=1S/C60H89NO13SSi/c1-16-35(2)53-38(5)27-28-59(73-53)33-44-30-43(72-59)26-25-37(4)52(36(3)21-20-22-42-34-66-56-54(74-76(14,15)58(9,10)11)39(6)29-46(57(62)69-44)60(42,56)63)70-50-32-48(65-13)55(41(8)68-50)71-49-31-47(64-12)51(40(7)67-49)61-75-45-23-18-17-19-24-45/h17-25,27-29,35-36,38,40-41,43-44,46-50,52-56,63H,16,26,30-34H2,1-15H3/b21-20+,37-25+,42-22+,61-51-/t35-,36-,38-,40-,41-,43+,44-,46-,47-,48-,49-,50-,52-,53+,54+,55-,56+,59+,60+/m0/s1. The van der Waals surface area contributed by atoms with Crippen molar-refractivity contribution in [2.24, 2.45) is 28.1 Å². The number of fused-ring (bicyclic) bond motifs is 2. The molecule has 1 aromatic rings. The van der Waals surface area contributed by atoms with Crippen LogP contribution in [0.15, 0.2) is 98.9 Å². The van der Waals surface area contributed by atoms with Crippen LogP contribution in [0.2, 0.25) is 18.1 Å². The van der Waals surface area contributed by atoms with Gasteiger partial charge < -0.3 is 56.9 Å². The van der Waals surface area contributed by atoms with E-state index >= 15 is 0 Å². The van der Waals surface area contributed by atoms with E-state index in [0.29, 0.717) is 37.7 Å². The van der Waals surface area contributed by atoms with E-state index in [-0.39, 0.29) is 59.9 Å². The first-order valence-corrected chi connectivity index (χ1v) is 31.6. The van der Waals surface area contributed by atoms with Gasteiger partial charge in [-0.3, -0.25) is 4.79 Å². The molecule has 4 saturated heterocycles. The van der Waals surface area contributed by atoms with Gasteiger partial charge in [0.15, 0.2) is 26.7 Å². The number of allylic oxidation sites excluding steroid dienone is 2. The molecule has 422 valence electrons. The second kappa shape index (κ2) is 24.5. The molecular weight excluding hydrogens is 1000 g/mol. The van der Waals surface area contributed by atoms with Crippen molar-refractivity contribution in [1.82, 2.24) is 0 Å². The molecule has 6 heterocycles. The largest absolute Gasteiger partial charge is 0.462 e. The van der Waals surface area contributed by atoms with Gasteiger partial charge >= 0.3 is 5.97 Å². The van der Waals surface area contributed by atoms with Crippen LogP contribution >= 0.6 is 11.9 Å². The number of carbonyl (C=O) groups is 1. The van der Waals surface area contributed by atoms with Gasteiger partial charge in [0, 0.05) is 68.6 Å². The molecule has 0 saturated carbocycles. The Labute approximate surface area is 459 Å². The molecule has 4 fully saturated rings. The lowest BCUT2D eigenvalue weighted by atomic mass is 9.71. The molecule has 6 aliphatic heterocycles. The van der Waals surface area contributed by atoms with Crippen LogP contribution in [-0.2, 0) is 56.6 Å². The molecule has 1 aromatic carbocycles. The number of rotatable bonds is 12. The van der Waals surface area contributed by atoms with Crippen molar-refractivity contribution in [3.63, 3.8) is 0 Å². The lowest BCUT2D eigenvalue weighted by molar-refractivity contribution is -0.302. The summed E-state index contributed by atoms with van der Waals surface area (Å²) in [5, 5.41) is 13.2. The van der Waals surface area contributed by atoms with E-state index in [4.69, 9.17) is 56.2 Å². The summed E-state index contributed by atoms with van der Waals surface area (Å²) < 4.78 is 78.2. The fourth-order valence-electron chi connectivity index (χ4n) is 11.8. The summed E-state index contributed by atoms with van der Waals surface area (Å²) in [5.41, 5.74) is 1.49. The quantitative estimate of drug-likeness (QED) is 0.0915. The third-order valence-corrected chi connectivity index (χ3v) is 22.8. The molecular formula is C60H89NO13SSi. The summed E-state index contributed by atoms with van der Waals surface area (Å²) in [6.07, 6.45) is 11.3. The first-order valence-electron chi connectivity index (χ1n) is 28.0. The number of nitrogens with zero attached hydrogens (tertiary/aromatic N) is 1. The van der Waals surface area contributed by atoms with Crippen LogP contribution < -0.4 is 0 Å². The highest BCUT2D eigenvalue weighted by Crippen LogP contribution is 2.50. The molecule has 0 unspecified atom stereocenters. The topological polar surface area (TPSA) is 151 Å². The van der Waals surface area contributed by atoms with Gasteiger partial charge in [-0.05, 0) is 93.1 Å². The van der Waals surface area contributed by atoms with E-state index in [1.54, 1.807) is 14.2 Å². The molecule has 2 bridgehead atoms. The highest BCUT2D eigenvalue weighted by atomic mass is 32.2. The Morgan fingerprint density at radius 1 is 0.908 bits per heavy atom. The van der Waals surface area contributed by atoms with Gasteiger partial charge in [-0.1, -0.05) is 110 Å². The zero-order chi connectivity index (χ0) is 54.9. The fraction of sp³-hybridized carbons (Fsp3) is 0.700. The van der Waals surface area contributed by atoms with E-state index in [1.807, 2.05) is 75.4 Å². The zero-order valence-corrected chi connectivity index (χ0v) is 49.7. The highest BCUT2D eigenvalue weighted by Gasteiger charge is 2.62. The lowest BCUT2D eigenvalue weighted by Crippen LogP contribution is -2.60. The molecule has 19 atom stereocenters. The maximum absolute atomic E-state index is 14.9. The second-order valence-corrected chi connectivity index (χ2v) is 29.7. The van der Waals surface area contributed by atoms with Crippen molar-refractivity contribution >= 4 is 31.9 Å². The maximum Gasteiger partial charge on any atom is 0.316 e. The van der Waals surface area contributed by atoms with E-state index in [1.165, 1.54) is 11.9 Å². The minimum Gasteiger partial charge on any atom is -0.462 e. The molecule has 1 N–H and O–H groups in total. The Balaban J connectivity index is 1.07. The number of esters is 1. The van der Waals surface area contributed by atoms with Crippen LogP contribution in [0.5, 0.6) is 0 Å². The molecule has 0 aromatic heterocycles. The Kier molecular flexibility index (Phi) is 19.1. The summed E-state index contributed by atoms with van der Waals surface area (Å²) in [6.45, 7) is 27.8. The molecule has 7 aliphatic rings. The molecule has 1 aliphatic carbocycles. The zero-order valence-electron chi connectivity index (χ0n) is 47.9. The maximum atomic E-state index is 14.9. The van der Waals surface area contributed by atoms with E-state index in [9.17, 15) is 9.90 Å². The predicted octanol–water partition coefficient (Wildman–Crippen LogP) is 11.2. The summed E-state index contributed by atoms with van der Waals surface area (Å²) >= 11 is 1.41. The number of ether oxygens (including phenoxy) is 10. The van der Waals surface area contributed by atoms with Gasteiger partial charge in [-0.15, -0.1) is 0 Å². The van der Waals surface area contributed by atoms with Crippen molar-refractivity contribution in [3.05, 3.63) is 89.6 Å². The molecule has 14 nitrogen and oxygen atoms in total. The smallest absolute Gasteiger partial charge is 0.316 e. The van der Waals surface area contributed by atoms with Gasteiger partial charge in [0.25, 0.3) is 0 Å². The van der Waals surface area contributed by atoms with Crippen LogP contribution in [-0.4, -0.2) is 137 Å². The number of hydrogen-bond acceptors (Lipinski definition) is 15.